The molecule has 132 valence electrons. The summed E-state index contributed by atoms with van der Waals surface area (Å²) >= 11 is 7.90. The van der Waals surface area contributed by atoms with Crippen LogP contribution in [-0.4, -0.2) is 42.9 Å². The van der Waals surface area contributed by atoms with E-state index in [1.165, 1.54) is 0 Å². The second-order valence-electron chi connectivity index (χ2n) is 6.40. The van der Waals surface area contributed by atoms with Gasteiger partial charge in [-0.1, -0.05) is 23.7 Å². The van der Waals surface area contributed by atoms with Gasteiger partial charge in [-0.2, -0.15) is 4.40 Å². The lowest BCUT2D eigenvalue weighted by atomic mass is 10.0. The van der Waals surface area contributed by atoms with Gasteiger partial charge in [0.05, 0.1) is 11.6 Å². The van der Waals surface area contributed by atoms with Crippen LogP contribution < -0.4 is 4.74 Å². The van der Waals surface area contributed by atoms with E-state index in [1.54, 1.807) is 11.9 Å². The van der Waals surface area contributed by atoms with Crippen molar-refractivity contribution in [3.63, 3.8) is 0 Å². The third-order valence-corrected chi connectivity index (χ3v) is 5.51. The first-order valence-corrected chi connectivity index (χ1v) is 9.98. The predicted octanol–water partition coefficient (Wildman–Crippen LogP) is 4.33. The molecule has 6 heteroatoms. The number of amidine groups is 1. The van der Waals surface area contributed by atoms with Gasteiger partial charge in [0, 0.05) is 37.3 Å². The Morgan fingerprint density at radius 2 is 2.04 bits per heavy atom. The number of nitrogens with zero attached hydrogens (tertiary/aromatic N) is 2. The third kappa shape index (κ3) is 4.05. The zero-order valence-corrected chi connectivity index (χ0v) is 15.6. The van der Waals surface area contributed by atoms with Crippen LogP contribution in [0.5, 0.6) is 5.75 Å². The van der Waals surface area contributed by atoms with Gasteiger partial charge in [0.1, 0.15) is 11.6 Å². The summed E-state index contributed by atoms with van der Waals surface area (Å²) in [6, 6.07) is 8.23. The zero-order chi connectivity index (χ0) is 17.1. The highest BCUT2D eigenvalue weighted by Crippen LogP contribution is 2.31. The summed E-state index contributed by atoms with van der Waals surface area (Å²) in [6.45, 7) is 3.40. The van der Waals surface area contributed by atoms with E-state index in [-0.39, 0.29) is 0 Å². The number of fused-ring (bicyclic) bond motifs is 1. The SMILES string of the molecule is ClC1=CN2CCSN=C2C(c2ccc(OCC3CCOCC3)cc2)=C1. The van der Waals surface area contributed by atoms with Gasteiger partial charge in [0.15, 0.2) is 0 Å². The summed E-state index contributed by atoms with van der Waals surface area (Å²) in [5, 5.41) is 0.737. The molecular formula is C19H21ClN2O2S. The molecule has 1 aromatic carbocycles. The highest BCUT2D eigenvalue weighted by atomic mass is 35.5. The summed E-state index contributed by atoms with van der Waals surface area (Å²) < 4.78 is 16.0. The van der Waals surface area contributed by atoms with E-state index < -0.39 is 0 Å². The fourth-order valence-corrected chi connectivity index (χ4v) is 4.11. The van der Waals surface area contributed by atoms with Crippen LogP contribution in [0.25, 0.3) is 5.57 Å². The van der Waals surface area contributed by atoms with Gasteiger partial charge < -0.3 is 14.4 Å². The van der Waals surface area contributed by atoms with Crippen molar-refractivity contribution in [1.82, 2.24) is 4.90 Å². The van der Waals surface area contributed by atoms with E-state index in [0.717, 1.165) is 72.7 Å². The Morgan fingerprint density at radius 3 is 2.84 bits per heavy atom. The molecule has 0 spiro atoms. The van der Waals surface area contributed by atoms with E-state index in [0.29, 0.717) is 5.92 Å². The maximum Gasteiger partial charge on any atom is 0.148 e. The molecule has 3 aliphatic rings. The number of rotatable bonds is 4. The van der Waals surface area contributed by atoms with E-state index in [1.807, 2.05) is 24.4 Å². The smallest absolute Gasteiger partial charge is 0.148 e. The van der Waals surface area contributed by atoms with Crippen molar-refractivity contribution in [2.45, 2.75) is 12.8 Å². The minimum Gasteiger partial charge on any atom is -0.493 e. The molecule has 1 aromatic rings. The molecule has 0 radical (unpaired) electrons. The molecule has 25 heavy (non-hydrogen) atoms. The average molecular weight is 377 g/mol. The van der Waals surface area contributed by atoms with Crippen LogP contribution in [0.2, 0.25) is 0 Å². The van der Waals surface area contributed by atoms with Gasteiger partial charge in [-0.3, -0.25) is 0 Å². The molecule has 1 saturated heterocycles. The molecule has 4 nitrogen and oxygen atoms in total. The Labute approximate surface area is 157 Å². The molecule has 0 atom stereocenters. The second kappa shape index (κ2) is 7.85. The first kappa shape index (κ1) is 17.0. The molecule has 3 heterocycles. The summed E-state index contributed by atoms with van der Waals surface area (Å²) in [4.78, 5) is 2.13. The lowest BCUT2D eigenvalue weighted by Gasteiger charge is -2.30. The van der Waals surface area contributed by atoms with Crippen LogP contribution in [0, 0.1) is 5.92 Å². The molecule has 0 aliphatic carbocycles. The van der Waals surface area contributed by atoms with Gasteiger partial charge in [0.2, 0.25) is 0 Å². The molecule has 0 N–H and O–H groups in total. The molecule has 0 bridgehead atoms. The van der Waals surface area contributed by atoms with Gasteiger partial charge >= 0.3 is 0 Å². The van der Waals surface area contributed by atoms with Crippen LogP contribution in [0.1, 0.15) is 18.4 Å². The normalized spacial score (nSPS) is 21.2. The molecule has 4 rings (SSSR count). The molecule has 0 amide bonds. The largest absolute Gasteiger partial charge is 0.493 e. The maximum atomic E-state index is 6.29. The minimum atomic E-state index is 0.598. The van der Waals surface area contributed by atoms with Crippen LogP contribution in [-0.2, 0) is 4.74 Å². The highest BCUT2D eigenvalue weighted by Gasteiger charge is 2.23. The predicted molar refractivity (Wildman–Crippen MR) is 104 cm³/mol. The highest BCUT2D eigenvalue weighted by molar-refractivity contribution is 7.98. The van der Waals surface area contributed by atoms with Crippen LogP contribution in [0.4, 0.5) is 0 Å². The molecule has 1 fully saturated rings. The topological polar surface area (TPSA) is 34.1 Å². The van der Waals surface area contributed by atoms with E-state index in [2.05, 4.69) is 21.4 Å². The fourth-order valence-electron chi connectivity index (χ4n) is 3.19. The van der Waals surface area contributed by atoms with Crippen molar-refractivity contribution in [2.75, 3.05) is 32.1 Å². The Bertz CT molecular complexity index is 709. The monoisotopic (exact) mass is 376 g/mol. The third-order valence-electron chi connectivity index (χ3n) is 4.64. The number of hydrogen-bond donors (Lipinski definition) is 0. The van der Waals surface area contributed by atoms with Crippen LogP contribution >= 0.6 is 23.5 Å². The molecule has 0 unspecified atom stereocenters. The van der Waals surface area contributed by atoms with Crippen molar-refractivity contribution in [3.8, 4) is 5.75 Å². The average Bonchev–Trinajstić information content (AvgIpc) is 2.67. The molecule has 0 aromatic heterocycles. The Balaban J connectivity index is 1.46. The number of benzene rings is 1. The van der Waals surface area contributed by atoms with Gasteiger partial charge in [-0.25, -0.2) is 0 Å². The molecular weight excluding hydrogens is 356 g/mol. The number of allylic oxidation sites excluding steroid dienone is 2. The van der Waals surface area contributed by atoms with Crippen molar-refractivity contribution in [2.24, 2.45) is 10.3 Å². The Morgan fingerprint density at radius 1 is 1.24 bits per heavy atom. The summed E-state index contributed by atoms with van der Waals surface area (Å²) in [5.41, 5.74) is 2.17. The quantitative estimate of drug-likeness (QED) is 0.732. The first-order chi connectivity index (χ1) is 12.3. The second-order valence-corrected chi connectivity index (χ2v) is 7.69. The van der Waals surface area contributed by atoms with Crippen molar-refractivity contribution in [3.05, 3.63) is 47.1 Å². The van der Waals surface area contributed by atoms with Gasteiger partial charge in [0.25, 0.3) is 0 Å². The summed E-state index contributed by atoms with van der Waals surface area (Å²) in [6.07, 6.45) is 6.11. The fraction of sp³-hybridized carbons (Fsp3) is 0.421. The molecule has 3 aliphatic heterocycles. The van der Waals surface area contributed by atoms with Crippen molar-refractivity contribution < 1.29 is 9.47 Å². The lowest BCUT2D eigenvalue weighted by Crippen LogP contribution is -2.33. The number of ether oxygens (including phenoxy) is 2. The van der Waals surface area contributed by atoms with Crippen LogP contribution in [0.15, 0.2) is 46.0 Å². The van der Waals surface area contributed by atoms with E-state index in [4.69, 9.17) is 21.1 Å². The summed E-state index contributed by atoms with van der Waals surface area (Å²) in [7, 11) is 0. The van der Waals surface area contributed by atoms with Crippen molar-refractivity contribution in [1.29, 1.82) is 0 Å². The summed E-state index contributed by atoms with van der Waals surface area (Å²) in [5.74, 6) is 3.47. The van der Waals surface area contributed by atoms with E-state index in [9.17, 15) is 0 Å². The number of hydrogen-bond acceptors (Lipinski definition) is 5. The zero-order valence-electron chi connectivity index (χ0n) is 14.0. The van der Waals surface area contributed by atoms with Gasteiger partial charge in [-0.05, 0) is 54.5 Å². The Hall–Kier alpha value is -1.43. The maximum absolute atomic E-state index is 6.29. The molecule has 0 saturated carbocycles. The van der Waals surface area contributed by atoms with Crippen molar-refractivity contribution >= 4 is 35.0 Å². The Kier molecular flexibility index (Phi) is 5.34. The number of halogens is 1. The first-order valence-electron chi connectivity index (χ1n) is 8.66. The standard InChI is InChI=1S/C19H21ClN2O2S/c20-16-11-18(19-21-25-10-7-22(19)12-16)15-1-3-17(4-2-15)24-13-14-5-8-23-9-6-14/h1-4,11-12,14H,5-10,13H2. The van der Waals surface area contributed by atoms with Crippen LogP contribution in [0.3, 0.4) is 0 Å². The van der Waals surface area contributed by atoms with E-state index >= 15 is 0 Å². The van der Waals surface area contributed by atoms with Gasteiger partial charge in [-0.15, -0.1) is 0 Å². The lowest BCUT2D eigenvalue weighted by molar-refractivity contribution is 0.0497. The minimum absolute atomic E-state index is 0.598.